The normalized spacial score (nSPS) is 27.4. The topological polar surface area (TPSA) is 38.8 Å². The third-order valence-electron chi connectivity index (χ3n) is 4.65. The molecule has 3 aliphatic rings. The van der Waals surface area contributed by atoms with E-state index < -0.39 is 0 Å². The molecule has 0 aromatic heterocycles. The summed E-state index contributed by atoms with van der Waals surface area (Å²) >= 11 is 0. The average molecular weight is 289 g/mol. The molecule has 0 aliphatic carbocycles. The molecule has 4 heteroatoms. The van der Waals surface area contributed by atoms with E-state index in [0.29, 0.717) is 24.9 Å². The predicted octanol–water partition coefficient (Wildman–Crippen LogP) is 2.27. The van der Waals surface area contributed by atoms with Crippen molar-refractivity contribution < 1.29 is 14.3 Å². The van der Waals surface area contributed by atoms with E-state index >= 15 is 0 Å². The zero-order valence-electron chi connectivity index (χ0n) is 12.6. The van der Waals surface area contributed by atoms with Gasteiger partial charge in [0.15, 0.2) is 0 Å². The standard InChI is InChI=1S/C17H23NO3/c1-20-17(19)7-4-13-2-5-15(6-3-13)21-16-12-18-10-8-14(16)9-11-18/h2-3,5-6,14,16H,4,7-12H2,1H3. The van der Waals surface area contributed by atoms with Crippen molar-refractivity contribution in [1.29, 1.82) is 0 Å². The Morgan fingerprint density at radius 3 is 2.52 bits per heavy atom. The number of hydrogen-bond acceptors (Lipinski definition) is 4. The first-order chi connectivity index (χ1) is 10.2. The third-order valence-corrected chi connectivity index (χ3v) is 4.65. The zero-order valence-corrected chi connectivity index (χ0v) is 12.6. The number of esters is 1. The quantitative estimate of drug-likeness (QED) is 0.780. The minimum absolute atomic E-state index is 0.164. The van der Waals surface area contributed by atoms with Crippen molar-refractivity contribution in [3.8, 4) is 5.75 Å². The second-order valence-electron chi connectivity index (χ2n) is 6.01. The molecule has 21 heavy (non-hydrogen) atoms. The van der Waals surface area contributed by atoms with E-state index in [1.54, 1.807) is 0 Å². The maximum Gasteiger partial charge on any atom is 0.305 e. The molecule has 114 valence electrons. The molecule has 3 saturated heterocycles. The fraction of sp³-hybridized carbons (Fsp3) is 0.588. The van der Waals surface area contributed by atoms with Gasteiger partial charge in [-0.3, -0.25) is 9.69 Å². The molecular formula is C17H23NO3. The van der Waals surface area contributed by atoms with Crippen LogP contribution in [0.15, 0.2) is 24.3 Å². The summed E-state index contributed by atoms with van der Waals surface area (Å²) in [6, 6.07) is 8.12. The molecule has 3 fully saturated rings. The van der Waals surface area contributed by atoms with Crippen LogP contribution in [0.5, 0.6) is 5.75 Å². The molecule has 1 aromatic rings. The van der Waals surface area contributed by atoms with E-state index in [1.165, 1.54) is 33.0 Å². The molecule has 0 radical (unpaired) electrons. The highest BCUT2D eigenvalue weighted by atomic mass is 16.5. The Balaban J connectivity index is 1.53. The largest absolute Gasteiger partial charge is 0.489 e. The van der Waals surface area contributed by atoms with Gasteiger partial charge in [-0.2, -0.15) is 0 Å². The predicted molar refractivity (Wildman–Crippen MR) is 80.4 cm³/mol. The lowest BCUT2D eigenvalue weighted by Gasteiger charge is -2.44. The van der Waals surface area contributed by atoms with Crippen LogP contribution in [-0.4, -0.2) is 43.7 Å². The number of nitrogens with zero attached hydrogens (tertiary/aromatic N) is 1. The van der Waals surface area contributed by atoms with Gasteiger partial charge in [-0.15, -0.1) is 0 Å². The number of benzene rings is 1. The molecule has 2 bridgehead atoms. The summed E-state index contributed by atoms with van der Waals surface area (Å²) in [5, 5.41) is 0. The number of methoxy groups -OCH3 is 1. The summed E-state index contributed by atoms with van der Waals surface area (Å²) in [4.78, 5) is 13.6. The number of fused-ring (bicyclic) bond motifs is 3. The monoisotopic (exact) mass is 289 g/mol. The first kappa shape index (κ1) is 14.4. The van der Waals surface area contributed by atoms with Crippen molar-refractivity contribution in [2.75, 3.05) is 26.7 Å². The van der Waals surface area contributed by atoms with Gasteiger partial charge in [0.2, 0.25) is 0 Å². The van der Waals surface area contributed by atoms with Gasteiger partial charge in [-0.25, -0.2) is 0 Å². The van der Waals surface area contributed by atoms with E-state index in [0.717, 1.165) is 17.9 Å². The van der Waals surface area contributed by atoms with Crippen LogP contribution >= 0.6 is 0 Å². The highest BCUT2D eigenvalue weighted by Crippen LogP contribution is 2.30. The van der Waals surface area contributed by atoms with Gasteiger partial charge in [0.1, 0.15) is 11.9 Å². The SMILES string of the molecule is COC(=O)CCc1ccc(OC2CN3CCC2CC3)cc1. The minimum atomic E-state index is -0.164. The lowest BCUT2D eigenvalue weighted by atomic mass is 9.86. The Labute approximate surface area is 126 Å². The molecule has 4 rings (SSSR count). The fourth-order valence-electron chi connectivity index (χ4n) is 3.30. The van der Waals surface area contributed by atoms with Crippen LogP contribution in [-0.2, 0) is 16.0 Å². The van der Waals surface area contributed by atoms with Gasteiger partial charge < -0.3 is 9.47 Å². The van der Waals surface area contributed by atoms with Gasteiger partial charge in [-0.05, 0) is 56.0 Å². The lowest BCUT2D eigenvalue weighted by Crippen LogP contribution is -2.52. The third kappa shape index (κ3) is 3.56. The van der Waals surface area contributed by atoms with Crippen molar-refractivity contribution in [3.63, 3.8) is 0 Å². The summed E-state index contributed by atoms with van der Waals surface area (Å²) in [5.74, 6) is 1.49. The Morgan fingerprint density at radius 1 is 1.24 bits per heavy atom. The first-order valence-electron chi connectivity index (χ1n) is 7.79. The molecule has 1 atom stereocenters. The average Bonchev–Trinajstić information content (AvgIpc) is 2.55. The smallest absolute Gasteiger partial charge is 0.305 e. The van der Waals surface area contributed by atoms with E-state index in [1.807, 2.05) is 24.3 Å². The molecule has 3 aliphatic heterocycles. The van der Waals surface area contributed by atoms with E-state index in [4.69, 9.17) is 4.74 Å². The van der Waals surface area contributed by atoms with Crippen molar-refractivity contribution in [1.82, 2.24) is 4.90 Å². The van der Waals surface area contributed by atoms with Crippen LogP contribution in [0.25, 0.3) is 0 Å². The van der Waals surface area contributed by atoms with Gasteiger partial charge in [0.05, 0.1) is 7.11 Å². The highest BCUT2D eigenvalue weighted by molar-refractivity contribution is 5.69. The number of piperidine rings is 3. The van der Waals surface area contributed by atoms with Gasteiger partial charge in [-0.1, -0.05) is 12.1 Å². The summed E-state index contributed by atoms with van der Waals surface area (Å²) in [5.41, 5.74) is 1.14. The summed E-state index contributed by atoms with van der Waals surface area (Å²) in [6.45, 7) is 3.53. The van der Waals surface area contributed by atoms with Crippen molar-refractivity contribution in [2.24, 2.45) is 5.92 Å². The van der Waals surface area contributed by atoms with E-state index in [2.05, 4.69) is 9.64 Å². The molecule has 4 nitrogen and oxygen atoms in total. The maximum atomic E-state index is 11.1. The summed E-state index contributed by atoms with van der Waals surface area (Å²) in [6.07, 6.45) is 4.01. The first-order valence-corrected chi connectivity index (χ1v) is 7.79. The van der Waals surface area contributed by atoms with Crippen LogP contribution in [0, 0.1) is 5.92 Å². The van der Waals surface area contributed by atoms with Crippen molar-refractivity contribution in [3.05, 3.63) is 29.8 Å². The van der Waals surface area contributed by atoms with Crippen LogP contribution < -0.4 is 4.74 Å². The summed E-state index contributed by atoms with van der Waals surface area (Å²) in [7, 11) is 1.42. The Morgan fingerprint density at radius 2 is 1.95 bits per heavy atom. The summed E-state index contributed by atoms with van der Waals surface area (Å²) < 4.78 is 10.8. The molecule has 1 aromatic carbocycles. The number of hydrogen-bond donors (Lipinski definition) is 0. The van der Waals surface area contributed by atoms with E-state index in [9.17, 15) is 4.79 Å². The maximum absolute atomic E-state index is 11.1. The van der Waals surface area contributed by atoms with Crippen molar-refractivity contribution in [2.45, 2.75) is 31.8 Å². The zero-order chi connectivity index (χ0) is 14.7. The fourth-order valence-corrected chi connectivity index (χ4v) is 3.30. The molecule has 0 N–H and O–H groups in total. The van der Waals surface area contributed by atoms with Crippen LogP contribution in [0.2, 0.25) is 0 Å². The molecular weight excluding hydrogens is 266 g/mol. The second kappa shape index (κ2) is 6.48. The van der Waals surface area contributed by atoms with Gasteiger partial charge in [0, 0.05) is 13.0 Å². The number of ether oxygens (including phenoxy) is 2. The molecule has 0 spiro atoms. The number of carbonyl (C=O) groups is 1. The van der Waals surface area contributed by atoms with Crippen molar-refractivity contribution >= 4 is 5.97 Å². The van der Waals surface area contributed by atoms with Crippen LogP contribution in [0.4, 0.5) is 0 Å². The molecule has 0 amide bonds. The minimum Gasteiger partial charge on any atom is -0.489 e. The molecule has 1 unspecified atom stereocenters. The Hall–Kier alpha value is -1.55. The molecule has 0 saturated carbocycles. The van der Waals surface area contributed by atoms with Crippen LogP contribution in [0.1, 0.15) is 24.8 Å². The van der Waals surface area contributed by atoms with Gasteiger partial charge >= 0.3 is 5.97 Å². The second-order valence-corrected chi connectivity index (χ2v) is 6.01. The van der Waals surface area contributed by atoms with E-state index in [-0.39, 0.29) is 5.97 Å². The number of aryl methyl sites for hydroxylation is 1. The highest BCUT2D eigenvalue weighted by Gasteiger charge is 2.35. The molecule has 3 heterocycles. The van der Waals surface area contributed by atoms with Crippen LogP contribution in [0.3, 0.4) is 0 Å². The van der Waals surface area contributed by atoms with Gasteiger partial charge in [0.25, 0.3) is 0 Å². The Kier molecular flexibility index (Phi) is 4.44. The number of rotatable bonds is 5. The lowest BCUT2D eigenvalue weighted by molar-refractivity contribution is -0.140. The number of carbonyl (C=O) groups excluding carboxylic acids is 1. The Bertz CT molecular complexity index is 477.